The van der Waals surface area contributed by atoms with Crippen molar-refractivity contribution in [3.05, 3.63) is 20.8 Å². The van der Waals surface area contributed by atoms with E-state index in [1.807, 2.05) is 0 Å². The first-order valence-corrected chi connectivity index (χ1v) is 5.28. The normalized spacial score (nSPS) is 12.8. The molecule has 0 bridgehead atoms. The molecule has 84 valence electrons. The van der Waals surface area contributed by atoms with Crippen LogP contribution in [0.15, 0.2) is 9.40 Å². The number of hydrogen-bond donors (Lipinski definition) is 1. The molecule has 1 unspecified atom stereocenters. The van der Waals surface area contributed by atoms with Crippen LogP contribution < -0.4 is 5.69 Å². The first kappa shape index (κ1) is 12.0. The molecule has 0 saturated heterocycles. The maximum atomic E-state index is 11.5. The number of carboxylic acids is 1. The highest BCUT2D eigenvalue weighted by atomic mass is 79.9. The van der Waals surface area contributed by atoms with Crippen molar-refractivity contribution in [1.29, 1.82) is 0 Å². The topological polar surface area (TPSA) is 64.2 Å². The number of halogens is 1. The molecule has 0 spiro atoms. The molecule has 1 N–H and O–H groups in total. The molecule has 1 atom stereocenters. The summed E-state index contributed by atoms with van der Waals surface area (Å²) in [6, 6.07) is 0. The molecule has 0 saturated carbocycles. The van der Waals surface area contributed by atoms with Crippen LogP contribution in [0.2, 0.25) is 0 Å². The van der Waals surface area contributed by atoms with E-state index in [9.17, 15) is 9.59 Å². The predicted molar refractivity (Wildman–Crippen MR) is 58.9 cm³/mol. The fraction of sp³-hybridized carbons (Fsp3) is 0.556. The van der Waals surface area contributed by atoms with E-state index >= 15 is 0 Å². The van der Waals surface area contributed by atoms with Crippen molar-refractivity contribution >= 4 is 21.9 Å². The van der Waals surface area contributed by atoms with E-state index in [-0.39, 0.29) is 5.69 Å². The summed E-state index contributed by atoms with van der Waals surface area (Å²) >= 11 is 3.28. The Balaban J connectivity index is 3.11. The number of imidazole rings is 1. The van der Waals surface area contributed by atoms with Gasteiger partial charge in [-0.1, -0.05) is 6.92 Å². The minimum atomic E-state index is -0.863. The summed E-state index contributed by atoms with van der Waals surface area (Å²) in [6.07, 6.45) is 0.336. The van der Waals surface area contributed by atoms with Crippen molar-refractivity contribution in [3.8, 4) is 0 Å². The molecular formula is C9H13BrN2O3. The number of aliphatic carboxylic acids is 1. The molecule has 0 amide bonds. The third-order valence-electron chi connectivity index (χ3n) is 2.43. The molecule has 0 aliphatic heterocycles. The van der Waals surface area contributed by atoms with Crippen molar-refractivity contribution in [1.82, 2.24) is 9.13 Å². The van der Waals surface area contributed by atoms with Gasteiger partial charge in [-0.05, 0) is 15.9 Å². The fourth-order valence-corrected chi connectivity index (χ4v) is 1.93. The Morgan fingerprint density at radius 1 is 1.47 bits per heavy atom. The van der Waals surface area contributed by atoms with Crippen molar-refractivity contribution in [2.75, 3.05) is 0 Å². The summed E-state index contributed by atoms with van der Waals surface area (Å²) in [5.74, 6) is -1.37. The van der Waals surface area contributed by atoms with Gasteiger partial charge in [0.1, 0.15) is 4.60 Å². The summed E-state index contributed by atoms with van der Waals surface area (Å²) < 4.78 is 3.55. The smallest absolute Gasteiger partial charge is 0.328 e. The van der Waals surface area contributed by atoms with Crippen LogP contribution in [0.5, 0.6) is 0 Å². The number of carbonyl (C=O) groups is 1. The van der Waals surface area contributed by atoms with E-state index in [1.54, 1.807) is 21.0 Å². The fourth-order valence-electron chi connectivity index (χ4n) is 1.35. The number of carboxylic acid groups (broad SMARTS) is 1. The Hall–Kier alpha value is -1.04. The second kappa shape index (κ2) is 4.22. The first-order chi connectivity index (χ1) is 6.86. The van der Waals surface area contributed by atoms with Gasteiger partial charge in [-0.2, -0.15) is 0 Å². The largest absolute Gasteiger partial charge is 0.481 e. The molecule has 0 radical (unpaired) electrons. The van der Waals surface area contributed by atoms with Gasteiger partial charge in [0, 0.05) is 20.5 Å². The van der Waals surface area contributed by atoms with E-state index in [0.717, 1.165) is 0 Å². The highest BCUT2D eigenvalue weighted by Crippen LogP contribution is 2.17. The van der Waals surface area contributed by atoms with Crippen molar-refractivity contribution in [2.24, 2.45) is 20.0 Å². The summed E-state index contributed by atoms with van der Waals surface area (Å²) in [5, 5.41) is 8.79. The van der Waals surface area contributed by atoms with Crippen LogP contribution in [0, 0.1) is 5.92 Å². The molecular weight excluding hydrogens is 264 g/mol. The molecule has 0 aliphatic rings. The lowest BCUT2D eigenvalue weighted by Crippen LogP contribution is -2.21. The van der Waals surface area contributed by atoms with Crippen LogP contribution in [0.25, 0.3) is 0 Å². The first-order valence-electron chi connectivity index (χ1n) is 4.49. The third-order valence-corrected chi connectivity index (χ3v) is 3.42. The van der Waals surface area contributed by atoms with Gasteiger partial charge in [0.25, 0.3) is 0 Å². The van der Waals surface area contributed by atoms with Gasteiger partial charge in [-0.25, -0.2) is 4.79 Å². The van der Waals surface area contributed by atoms with Gasteiger partial charge in [0.2, 0.25) is 0 Å². The summed E-state index contributed by atoms with van der Waals surface area (Å²) in [5.41, 5.74) is 0.548. The van der Waals surface area contributed by atoms with Crippen molar-refractivity contribution in [3.63, 3.8) is 0 Å². The third kappa shape index (κ3) is 2.14. The van der Waals surface area contributed by atoms with E-state index in [4.69, 9.17) is 5.11 Å². The number of aromatic nitrogens is 2. The average Bonchev–Trinajstić information content (AvgIpc) is 2.35. The second-order valence-corrected chi connectivity index (χ2v) is 4.33. The van der Waals surface area contributed by atoms with Gasteiger partial charge in [-0.15, -0.1) is 0 Å². The summed E-state index contributed by atoms with van der Waals surface area (Å²) in [6.45, 7) is 1.62. The van der Waals surface area contributed by atoms with Crippen LogP contribution >= 0.6 is 15.9 Å². The zero-order chi connectivity index (χ0) is 11.7. The molecule has 0 fully saturated rings. The highest BCUT2D eigenvalue weighted by molar-refractivity contribution is 9.10. The summed E-state index contributed by atoms with van der Waals surface area (Å²) in [7, 11) is 3.28. The van der Waals surface area contributed by atoms with Gasteiger partial charge in [-0.3, -0.25) is 13.9 Å². The van der Waals surface area contributed by atoms with Gasteiger partial charge >= 0.3 is 11.7 Å². The van der Waals surface area contributed by atoms with Gasteiger partial charge in [0.05, 0.1) is 11.6 Å². The maximum absolute atomic E-state index is 11.5. The minimum Gasteiger partial charge on any atom is -0.481 e. The molecule has 0 aromatic carbocycles. The van der Waals surface area contributed by atoms with Gasteiger partial charge < -0.3 is 5.11 Å². The molecule has 5 nitrogen and oxygen atoms in total. The summed E-state index contributed by atoms with van der Waals surface area (Å²) in [4.78, 5) is 22.2. The van der Waals surface area contributed by atoms with Gasteiger partial charge in [0.15, 0.2) is 0 Å². The molecule has 6 heteroatoms. The molecule has 1 aromatic heterocycles. The lowest BCUT2D eigenvalue weighted by molar-refractivity contribution is -0.141. The minimum absolute atomic E-state index is 0.158. The Kier molecular flexibility index (Phi) is 3.38. The van der Waals surface area contributed by atoms with E-state index in [2.05, 4.69) is 15.9 Å². The van der Waals surface area contributed by atoms with Crippen LogP contribution in [-0.2, 0) is 25.3 Å². The molecule has 1 rings (SSSR count). The zero-order valence-corrected chi connectivity index (χ0v) is 10.4. The maximum Gasteiger partial charge on any atom is 0.328 e. The lowest BCUT2D eigenvalue weighted by Gasteiger charge is -2.06. The molecule has 15 heavy (non-hydrogen) atoms. The monoisotopic (exact) mass is 276 g/mol. The number of hydrogen-bond acceptors (Lipinski definition) is 2. The van der Waals surface area contributed by atoms with E-state index < -0.39 is 11.9 Å². The quantitative estimate of drug-likeness (QED) is 0.886. The SMILES string of the molecule is CC(Cc1c(Br)n(C)c(=O)n1C)C(=O)O. The highest BCUT2D eigenvalue weighted by Gasteiger charge is 2.19. The zero-order valence-electron chi connectivity index (χ0n) is 8.82. The lowest BCUT2D eigenvalue weighted by atomic mass is 10.1. The van der Waals surface area contributed by atoms with Crippen LogP contribution in [0.3, 0.4) is 0 Å². The van der Waals surface area contributed by atoms with Crippen LogP contribution in [0.4, 0.5) is 0 Å². The Labute approximate surface area is 95.5 Å². The molecule has 1 heterocycles. The van der Waals surface area contributed by atoms with E-state index in [1.165, 1.54) is 9.13 Å². The van der Waals surface area contributed by atoms with E-state index in [0.29, 0.717) is 16.7 Å². The number of nitrogens with zero attached hydrogens (tertiary/aromatic N) is 2. The molecule has 1 aromatic rings. The van der Waals surface area contributed by atoms with Crippen molar-refractivity contribution in [2.45, 2.75) is 13.3 Å². The predicted octanol–water partition coefficient (Wildman–Crippen LogP) is 0.749. The Morgan fingerprint density at radius 2 is 2.00 bits per heavy atom. The second-order valence-electron chi connectivity index (χ2n) is 3.58. The van der Waals surface area contributed by atoms with Crippen LogP contribution in [-0.4, -0.2) is 20.2 Å². The molecule has 0 aliphatic carbocycles. The number of rotatable bonds is 3. The average molecular weight is 277 g/mol. The van der Waals surface area contributed by atoms with Crippen molar-refractivity contribution < 1.29 is 9.90 Å². The Bertz CT molecular complexity index is 447. The standard InChI is InChI=1S/C9H13BrN2O3/c1-5(8(13)14)4-6-7(10)12(3)9(15)11(6)2/h5H,4H2,1-3H3,(H,13,14). The van der Waals surface area contributed by atoms with Crippen LogP contribution in [0.1, 0.15) is 12.6 Å². The Morgan fingerprint density at radius 3 is 2.33 bits per heavy atom.